The number of rotatable bonds is 14. The number of carbonyl (C=O) groups is 1. The normalized spacial score (nSPS) is 11.6. The van der Waals surface area contributed by atoms with Crippen LogP contribution in [0.1, 0.15) is 24.5 Å². The fourth-order valence-electron chi connectivity index (χ4n) is 3.22. The quantitative estimate of drug-likeness (QED) is 0.445. The molecule has 0 aromatic heterocycles. The molecule has 2 aromatic carbocycles. The Kier molecular flexibility index (Phi) is 10.1. The number of carbonyl (C=O) groups excluding carboxylic acids is 1. The highest BCUT2D eigenvalue weighted by molar-refractivity contribution is 5.84. The van der Waals surface area contributed by atoms with E-state index in [1.807, 2.05) is 24.3 Å². The number of hydrogen-bond donors (Lipinski definition) is 2. The Morgan fingerprint density at radius 3 is 2.29 bits per heavy atom. The SMILES string of the molecule is CCCNCC(O)COc1ccccc1CC(=O)Cc1cc(OC)c(OC)c(OC)c1. The van der Waals surface area contributed by atoms with Gasteiger partial charge in [-0.3, -0.25) is 4.79 Å². The molecule has 1 unspecified atom stereocenters. The molecule has 0 fully saturated rings. The molecule has 7 nitrogen and oxygen atoms in total. The van der Waals surface area contributed by atoms with Gasteiger partial charge < -0.3 is 29.4 Å². The van der Waals surface area contributed by atoms with E-state index in [0.29, 0.717) is 29.5 Å². The van der Waals surface area contributed by atoms with Gasteiger partial charge in [0.25, 0.3) is 0 Å². The van der Waals surface area contributed by atoms with Crippen molar-refractivity contribution in [1.82, 2.24) is 5.32 Å². The van der Waals surface area contributed by atoms with Crippen molar-refractivity contribution in [2.45, 2.75) is 32.3 Å². The summed E-state index contributed by atoms with van der Waals surface area (Å²) in [5.74, 6) is 2.15. The third kappa shape index (κ3) is 7.45. The van der Waals surface area contributed by atoms with E-state index in [0.717, 1.165) is 24.1 Å². The Bertz CT molecular complexity index is 814. The Balaban J connectivity index is 2.03. The molecule has 0 aliphatic heterocycles. The summed E-state index contributed by atoms with van der Waals surface area (Å²) >= 11 is 0. The summed E-state index contributed by atoms with van der Waals surface area (Å²) in [7, 11) is 4.63. The number of hydrogen-bond acceptors (Lipinski definition) is 7. The molecule has 1 atom stereocenters. The first-order valence-corrected chi connectivity index (χ1v) is 10.4. The minimum atomic E-state index is -0.616. The number of Topliss-reactive ketones (excluding diaryl/α,β-unsaturated/α-hetero) is 1. The predicted octanol–water partition coefficient (Wildman–Crippen LogP) is 2.81. The smallest absolute Gasteiger partial charge is 0.203 e. The average molecular weight is 432 g/mol. The Morgan fingerprint density at radius 1 is 1.00 bits per heavy atom. The van der Waals surface area contributed by atoms with Gasteiger partial charge in [-0.2, -0.15) is 0 Å². The number of para-hydroxylation sites is 1. The second kappa shape index (κ2) is 12.8. The first-order chi connectivity index (χ1) is 15.0. The fourth-order valence-corrected chi connectivity index (χ4v) is 3.22. The molecule has 170 valence electrons. The third-order valence-corrected chi connectivity index (χ3v) is 4.72. The van der Waals surface area contributed by atoms with Gasteiger partial charge in [-0.15, -0.1) is 0 Å². The molecule has 2 N–H and O–H groups in total. The van der Waals surface area contributed by atoms with Crippen LogP contribution < -0.4 is 24.3 Å². The van der Waals surface area contributed by atoms with Gasteiger partial charge >= 0.3 is 0 Å². The van der Waals surface area contributed by atoms with E-state index in [2.05, 4.69) is 12.2 Å². The van der Waals surface area contributed by atoms with Crippen LogP contribution in [-0.4, -0.2) is 58.0 Å². The van der Waals surface area contributed by atoms with E-state index in [4.69, 9.17) is 18.9 Å². The molecular weight excluding hydrogens is 398 g/mol. The first-order valence-electron chi connectivity index (χ1n) is 10.4. The van der Waals surface area contributed by atoms with Crippen molar-refractivity contribution in [2.75, 3.05) is 41.0 Å². The summed E-state index contributed by atoms with van der Waals surface area (Å²) in [5.41, 5.74) is 1.56. The number of aliphatic hydroxyl groups excluding tert-OH is 1. The highest BCUT2D eigenvalue weighted by atomic mass is 16.5. The van der Waals surface area contributed by atoms with E-state index in [9.17, 15) is 9.90 Å². The average Bonchev–Trinajstić information content (AvgIpc) is 2.77. The van der Waals surface area contributed by atoms with Crippen molar-refractivity contribution in [3.8, 4) is 23.0 Å². The molecule has 0 saturated carbocycles. The summed E-state index contributed by atoms with van der Waals surface area (Å²) in [6, 6.07) is 11.0. The summed E-state index contributed by atoms with van der Waals surface area (Å²) in [5, 5.41) is 13.2. The summed E-state index contributed by atoms with van der Waals surface area (Å²) in [6.45, 7) is 3.55. The van der Waals surface area contributed by atoms with Crippen LogP contribution in [-0.2, 0) is 17.6 Å². The lowest BCUT2D eigenvalue weighted by Gasteiger charge is -2.16. The molecular formula is C24H33NO6. The number of ether oxygens (including phenoxy) is 4. The number of benzene rings is 2. The second-order valence-corrected chi connectivity index (χ2v) is 7.20. The van der Waals surface area contributed by atoms with Crippen LogP contribution in [0.2, 0.25) is 0 Å². The Hall–Kier alpha value is -2.77. The second-order valence-electron chi connectivity index (χ2n) is 7.20. The molecule has 0 heterocycles. The van der Waals surface area contributed by atoms with Gasteiger partial charge in [0.1, 0.15) is 24.2 Å². The van der Waals surface area contributed by atoms with Crippen LogP contribution in [0.15, 0.2) is 36.4 Å². The zero-order valence-corrected chi connectivity index (χ0v) is 18.8. The number of methoxy groups -OCH3 is 3. The van der Waals surface area contributed by atoms with Crippen molar-refractivity contribution in [3.05, 3.63) is 47.5 Å². The van der Waals surface area contributed by atoms with Crippen molar-refractivity contribution >= 4 is 5.78 Å². The molecule has 0 aliphatic carbocycles. The number of ketones is 1. The van der Waals surface area contributed by atoms with Crippen LogP contribution in [0.25, 0.3) is 0 Å². The monoisotopic (exact) mass is 431 g/mol. The topological polar surface area (TPSA) is 86.2 Å². The molecule has 0 bridgehead atoms. The standard InChI is InChI=1S/C24H33NO6/c1-5-10-25-15-20(27)16-31-21-9-7-6-8-18(21)14-19(26)11-17-12-22(28-2)24(30-4)23(13-17)29-3/h6-9,12-13,20,25,27H,5,10-11,14-16H2,1-4H3. The van der Waals surface area contributed by atoms with Crippen molar-refractivity contribution < 1.29 is 28.8 Å². The van der Waals surface area contributed by atoms with E-state index in [1.54, 1.807) is 33.5 Å². The molecule has 31 heavy (non-hydrogen) atoms. The van der Waals surface area contributed by atoms with Gasteiger partial charge in [-0.05, 0) is 36.7 Å². The van der Waals surface area contributed by atoms with Gasteiger partial charge in [0.15, 0.2) is 11.5 Å². The number of aliphatic hydroxyl groups is 1. The lowest BCUT2D eigenvalue weighted by atomic mass is 10.0. The minimum absolute atomic E-state index is 0.0236. The molecule has 0 aliphatic rings. The molecule has 2 rings (SSSR count). The Morgan fingerprint density at radius 2 is 1.68 bits per heavy atom. The van der Waals surface area contributed by atoms with Crippen LogP contribution in [0, 0.1) is 0 Å². The first kappa shape index (κ1) is 24.5. The molecule has 0 amide bonds. The molecule has 2 aromatic rings. The molecule has 0 saturated heterocycles. The maximum atomic E-state index is 12.8. The van der Waals surface area contributed by atoms with Crippen LogP contribution in [0.4, 0.5) is 0 Å². The van der Waals surface area contributed by atoms with Gasteiger partial charge in [0.2, 0.25) is 5.75 Å². The highest BCUT2D eigenvalue weighted by Crippen LogP contribution is 2.38. The van der Waals surface area contributed by atoms with Crippen molar-refractivity contribution in [3.63, 3.8) is 0 Å². The largest absolute Gasteiger partial charge is 0.493 e. The minimum Gasteiger partial charge on any atom is -0.493 e. The maximum absolute atomic E-state index is 12.8. The van der Waals surface area contributed by atoms with E-state index in [-0.39, 0.29) is 25.2 Å². The number of nitrogens with one attached hydrogen (secondary N) is 1. The van der Waals surface area contributed by atoms with E-state index in [1.165, 1.54) is 0 Å². The lowest BCUT2D eigenvalue weighted by molar-refractivity contribution is -0.117. The lowest BCUT2D eigenvalue weighted by Crippen LogP contribution is -2.31. The predicted molar refractivity (Wildman–Crippen MR) is 120 cm³/mol. The summed E-state index contributed by atoms with van der Waals surface area (Å²) < 4.78 is 21.8. The molecule has 0 spiro atoms. The highest BCUT2D eigenvalue weighted by Gasteiger charge is 2.16. The van der Waals surface area contributed by atoms with E-state index >= 15 is 0 Å². The van der Waals surface area contributed by atoms with Crippen LogP contribution in [0.5, 0.6) is 23.0 Å². The van der Waals surface area contributed by atoms with Gasteiger partial charge in [0.05, 0.1) is 21.3 Å². The van der Waals surface area contributed by atoms with Gasteiger partial charge in [-0.25, -0.2) is 0 Å². The molecule has 0 radical (unpaired) electrons. The van der Waals surface area contributed by atoms with Gasteiger partial charge in [-0.1, -0.05) is 25.1 Å². The van der Waals surface area contributed by atoms with E-state index < -0.39 is 6.10 Å². The summed E-state index contributed by atoms with van der Waals surface area (Å²) in [4.78, 5) is 12.8. The Labute approximate surface area is 184 Å². The molecule has 7 heteroatoms. The zero-order valence-electron chi connectivity index (χ0n) is 18.8. The van der Waals surface area contributed by atoms with Crippen LogP contribution in [0.3, 0.4) is 0 Å². The summed E-state index contributed by atoms with van der Waals surface area (Å²) in [6.07, 6.45) is 0.824. The third-order valence-electron chi connectivity index (χ3n) is 4.72. The van der Waals surface area contributed by atoms with Crippen LogP contribution >= 0.6 is 0 Å². The zero-order chi connectivity index (χ0) is 22.6. The van der Waals surface area contributed by atoms with Crippen molar-refractivity contribution in [1.29, 1.82) is 0 Å². The fraction of sp³-hybridized carbons (Fsp3) is 0.458. The maximum Gasteiger partial charge on any atom is 0.203 e. The van der Waals surface area contributed by atoms with Gasteiger partial charge in [0, 0.05) is 24.9 Å². The van der Waals surface area contributed by atoms with Crippen molar-refractivity contribution in [2.24, 2.45) is 0 Å².